The van der Waals surface area contributed by atoms with Gasteiger partial charge in [0.25, 0.3) is 0 Å². The number of ether oxygens (including phenoxy) is 4. The Morgan fingerprint density at radius 3 is 1.54 bits per heavy atom. The summed E-state index contributed by atoms with van der Waals surface area (Å²) in [7, 11) is -5.70. The highest BCUT2D eigenvalue weighted by atomic mass is 16.6. The zero-order valence-electron chi connectivity index (χ0n) is 24.3. The number of hydrogen-bond donors (Lipinski definition) is 2. The van der Waals surface area contributed by atoms with Gasteiger partial charge in [0.1, 0.15) is 0 Å². The van der Waals surface area contributed by atoms with E-state index in [1.165, 1.54) is 48.6 Å². The first kappa shape index (κ1) is 19.1. The molecule has 0 heterocycles. The van der Waals surface area contributed by atoms with Crippen molar-refractivity contribution in [3.05, 3.63) is 59.7 Å². The van der Waals surface area contributed by atoms with E-state index in [1.807, 2.05) is 0 Å². The maximum absolute atomic E-state index is 12.3. The van der Waals surface area contributed by atoms with E-state index in [1.54, 1.807) is 0 Å². The minimum absolute atomic E-state index is 0.182. The van der Waals surface area contributed by atoms with Crippen LogP contribution in [-0.2, 0) is 19.2 Å². The van der Waals surface area contributed by atoms with Crippen LogP contribution in [0, 0.1) is 0 Å². The summed E-state index contributed by atoms with van der Waals surface area (Å²) in [5, 5.41) is 0. The summed E-state index contributed by atoms with van der Waals surface area (Å²) in [6, 6.07) is 7.82. The van der Waals surface area contributed by atoms with Crippen LogP contribution in [0.3, 0.4) is 0 Å². The zero-order valence-corrected chi connectivity index (χ0v) is 18.3. The lowest BCUT2D eigenvalue weighted by Gasteiger charge is -2.09. The van der Waals surface area contributed by atoms with Crippen LogP contribution in [0.1, 0.15) is 25.8 Å². The van der Waals surface area contributed by atoms with Crippen LogP contribution in [-0.4, -0.2) is 50.7 Å². The summed E-state index contributed by atoms with van der Waals surface area (Å²) in [6.07, 6.45) is 4.27. The number of hydrogen-bond acceptors (Lipinski definition) is 10. The Morgan fingerprint density at radius 1 is 0.743 bits per heavy atom. The first-order valence-corrected chi connectivity index (χ1v) is 9.98. The maximum atomic E-state index is 12.3. The molecule has 0 saturated carbocycles. The third kappa shape index (κ3) is 8.54. The lowest BCUT2D eigenvalue weighted by atomic mass is 10.1. The van der Waals surface area contributed by atoms with Crippen LogP contribution < -0.4 is 30.4 Å². The van der Waals surface area contributed by atoms with E-state index in [-0.39, 0.29) is 23.0 Å². The highest BCUT2D eigenvalue weighted by molar-refractivity contribution is 6.10. The van der Waals surface area contributed by atoms with Crippen LogP contribution in [0.4, 0.5) is 0 Å². The van der Waals surface area contributed by atoms with Gasteiger partial charge in [-0.05, 0) is 47.5 Å². The number of esters is 2. The fraction of sp³-hybridized carbons (Fsp3) is 0.200. The van der Waals surface area contributed by atoms with Gasteiger partial charge in [0, 0.05) is 0 Å². The molecule has 10 heteroatoms. The molecule has 2 aromatic rings. The fourth-order valence-electron chi connectivity index (χ4n) is 2.58. The van der Waals surface area contributed by atoms with Gasteiger partial charge in [0.15, 0.2) is 34.6 Å². The van der Waals surface area contributed by atoms with Crippen molar-refractivity contribution in [1.82, 2.24) is 0 Å². The normalized spacial score (nSPS) is 14.1. The van der Waals surface area contributed by atoms with Crippen molar-refractivity contribution >= 4 is 35.7 Å². The van der Waals surface area contributed by atoms with Gasteiger partial charge in [-0.25, -0.2) is 0 Å². The van der Waals surface area contributed by atoms with Gasteiger partial charge in [0.05, 0.1) is 41.8 Å². The lowest BCUT2D eigenvalue weighted by Crippen LogP contribution is -2.19. The highest BCUT2D eigenvalue weighted by Gasteiger charge is 2.11. The van der Waals surface area contributed by atoms with E-state index in [9.17, 15) is 19.2 Å². The molecule has 0 aliphatic rings. The van der Waals surface area contributed by atoms with Crippen LogP contribution in [0.15, 0.2) is 48.6 Å². The van der Waals surface area contributed by atoms with Crippen molar-refractivity contribution in [2.75, 3.05) is 27.2 Å². The standard InChI is InChI=1S/C25H26N2O8/c1-32-22-11-16(5-9-20(22)34-24(30)14-26)3-7-18(28)13-19(29)8-4-17-6-10-21(23(12-17)33-2)35-25(31)15-27/h3-12H,13-15,26-27H2,1-2H3/b7-3+,8-4+/i1D3,2D3. The molecule has 10 nitrogen and oxygen atoms in total. The first-order valence-electron chi connectivity index (χ1n) is 13.0. The van der Waals surface area contributed by atoms with Crippen molar-refractivity contribution in [3.8, 4) is 23.0 Å². The molecule has 0 saturated heterocycles. The van der Waals surface area contributed by atoms with Gasteiger partial charge < -0.3 is 30.4 Å². The molecular formula is C25H26N2O8. The molecule has 4 N–H and O–H groups in total. The molecular weight excluding hydrogens is 456 g/mol. The number of methoxy groups -OCH3 is 2. The van der Waals surface area contributed by atoms with E-state index in [4.69, 9.17) is 38.6 Å². The van der Waals surface area contributed by atoms with Crippen molar-refractivity contribution in [2.45, 2.75) is 6.42 Å². The Morgan fingerprint density at radius 2 is 1.17 bits per heavy atom. The summed E-state index contributed by atoms with van der Waals surface area (Å²) >= 11 is 0. The molecule has 0 aliphatic carbocycles. The van der Waals surface area contributed by atoms with Gasteiger partial charge in [-0.1, -0.05) is 24.3 Å². The summed E-state index contributed by atoms with van der Waals surface area (Å²) in [5.41, 5.74) is 11.0. The first-order chi connectivity index (χ1) is 19.1. The van der Waals surface area contributed by atoms with E-state index < -0.39 is 57.1 Å². The third-order valence-corrected chi connectivity index (χ3v) is 4.21. The minimum Gasteiger partial charge on any atom is -0.493 e. The van der Waals surface area contributed by atoms with Crippen molar-refractivity contribution in [1.29, 1.82) is 0 Å². The summed E-state index contributed by atoms with van der Waals surface area (Å²) < 4.78 is 63.3. The number of nitrogens with two attached hydrogens (primary N) is 2. The average molecular weight is 489 g/mol. The highest BCUT2D eigenvalue weighted by Crippen LogP contribution is 2.29. The second-order valence-corrected chi connectivity index (χ2v) is 6.75. The van der Waals surface area contributed by atoms with Gasteiger partial charge in [-0.15, -0.1) is 0 Å². The summed E-state index contributed by atoms with van der Waals surface area (Å²) in [5.74, 6) is -3.76. The Bertz CT molecular complexity index is 1250. The zero-order chi connectivity index (χ0) is 30.8. The summed E-state index contributed by atoms with van der Waals surface area (Å²) in [6.45, 7) is -0.892. The Hall–Kier alpha value is -4.28. The second kappa shape index (κ2) is 13.4. The molecule has 0 fully saturated rings. The minimum atomic E-state index is -2.85. The van der Waals surface area contributed by atoms with Crippen LogP contribution in [0.2, 0.25) is 0 Å². The molecule has 35 heavy (non-hydrogen) atoms. The molecule has 0 radical (unpaired) electrons. The van der Waals surface area contributed by atoms with E-state index in [0.29, 0.717) is 11.1 Å². The van der Waals surface area contributed by atoms with Gasteiger partial charge in [-0.3, -0.25) is 19.2 Å². The predicted octanol–water partition coefficient (Wildman–Crippen LogP) is 1.69. The lowest BCUT2D eigenvalue weighted by molar-refractivity contribution is -0.133. The molecule has 0 atom stereocenters. The largest absolute Gasteiger partial charge is 0.493 e. The molecule has 0 aromatic heterocycles. The SMILES string of the molecule is [2H]C([2H])([2H])Oc1cc(/C=C/C(=O)CC(=O)/C=C/c2ccc(OC(=O)CN)c(OC([2H])([2H])[2H])c2)ccc1OC(=O)CN. The average Bonchev–Trinajstić information content (AvgIpc) is 2.86. The predicted molar refractivity (Wildman–Crippen MR) is 128 cm³/mol. The number of ketones is 2. The van der Waals surface area contributed by atoms with E-state index in [0.717, 1.165) is 12.2 Å². The molecule has 2 rings (SSSR count). The van der Waals surface area contributed by atoms with Crippen LogP contribution in [0.25, 0.3) is 12.2 Å². The number of benzene rings is 2. The molecule has 0 bridgehead atoms. The molecule has 0 spiro atoms. The number of carbonyl (C=O) groups is 4. The van der Waals surface area contributed by atoms with Gasteiger partial charge in [-0.2, -0.15) is 0 Å². The topological polar surface area (TPSA) is 157 Å². The van der Waals surface area contributed by atoms with Crippen molar-refractivity contribution < 1.29 is 46.4 Å². The third-order valence-electron chi connectivity index (χ3n) is 4.21. The summed E-state index contributed by atoms with van der Waals surface area (Å²) in [4.78, 5) is 47.6. The van der Waals surface area contributed by atoms with E-state index >= 15 is 0 Å². The van der Waals surface area contributed by atoms with Crippen LogP contribution >= 0.6 is 0 Å². The van der Waals surface area contributed by atoms with Crippen molar-refractivity contribution in [3.63, 3.8) is 0 Å². The second-order valence-electron chi connectivity index (χ2n) is 6.75. The number of carbonyl (C=O) groups excluding carboxylic acids is 4. The Kier molecular flexibility index (Phi) is 7.32. The Balaban J connectivity index is 2.12. The Labute approximate surface area is 210 Å². The number of allylic oxidation sites excluding steroid dienone is 2. The quantitative estimate of drug-likeness (QED) is 0.195. The molecule has 2 aromatic carbocycles. The maximum Gasteiger partial charge on any atom is 0.325 e. The monoisotopic (exact) mass is 488 g/mol. The molecule has 0 unspecified atom stereocenters. The number of rotatable bonds is 12. The molecule has 184 valence electrons. The van der Waals surface area contributed by atoms with E-state index in [2.05, 4.69) is 0 Å². The van der Waals surface area contributed by atoms with Crippen molar-refractivity contribution in [2.24, 2.45) is 11.5 Å². The van der Waals surface area contributed by atoms with Gasteiger partial charge >= 0.3 is 11.9 Å². The molecule has 0 amide bonds. The van der Waals surface area contributed by atoms with Crippen LogP contribution in [0.5, 0.6) is 23.0 Å². The fourth-order valence-corrected chi connectivity index (χ4v) is 2.58. The molecule has 0 aliphatic heterocycles. The smallest absolute Gasteiger partial charge is 0.325 e. The van der Waals surface area contributed by atoms with Gasteiger partial charge in [0.2, 0.25) is 0 Å².